The maximum absolute atomic E-state index is 13.2. The summed E-state index contributed by atoms with van der Waals surface area (Å²) in [6.07, 6.45) is 6.72. The van der Waals surface area contributed by atoms with Crippen molar-refractivity contribution in [2.24, 2.45) is 0 Å². The van der Waals surface area contributed by atoms with E-state index in [0.29, 0.717) is 35.4 Å². The van der Waals surface area contributed by atoms with Crippen molar-refractivity contribution >= 4 is 60.7 Å². The monoisotopic (exact) mass is 546 g/mol. The summed E-state index contributed by atoms with van der Waals surface area (Å²) in [4.78, 5) is 31.8. The lowest BCUT2D eigenvalue weighted by atomic mass is 9.95. The SMILES string of the molecule is O=C1NC(=O)C(c2cn(CC(O)CN3CCCCC3)c3c(Br)cccc23)=C1c1c[nH]c2ccccc12. The Balaban J connectivity index is 1.47. The zero-order valence-corrected chi connectivity index (χ0v) is 21.3. The molecule has 2 aliphatic heterocycles. The summed E-state index contributed by atoms with van der Waals surface area (Å²) in [5, 5.41) is 15.2. The summed E-state index contributed by atoms with van der Waals surface area (Å²) in [5.74, 6) is -0.811. The molecule has 0 spiro atoms. The summed E-state index contributed by atoms with van der Waals surface area (Å²) in [6, 6.07) is 13.6. The Morgan fingerprint density at radius 2 is 1.61 bits per heavy atom. The number of hydrogen-bond donors (Lipinski definition) is 3. The second-order valence-corrected chi connectivity index (χ2v) is 10.5. The molecule has 6 rings (SSSR count). The van der Waals surface area contributed by atoms with Gasteiger partial charge in [-0.15, -0.1) is 0 Å². The van der Waals surface area contributed by atoms with Gasteiger partial charge in [0.2, 0.25) is 0 Å². The molecule has 4 heterocycles. The number of aliphatic hydroxyl groups is 1. The summed E-state index contributed by atoms with van der Waals surface area (Å²) in [5.41, 5.74) is 3.90. The lowest BCUT2D eigenvalue weighted by Gasteiger charge is -2.28. The van der Waals surface area contributed by atoms with Crippen LogP contribution in [0.4, 0.5) is 0 Å². The largest absolute Gasteiger partial charge is 0.390 e. The van der Waals surface area contributed by atoms with Crippen LogP contribution in [0.15, 0.2) is 59.3 Å². The molecule has 2 aromatic carbocycles. The van der Waals surface area contributed by atoms with E-state index in [9.17, 15) is 14.7 Å². The maximum atomic E-state index is 13.2. The van der Waals surface area contributed by atoms with Crippen molar-refractivity contribution in [3.8, 4) is 0 Å². The van der Waals surface area contributed by atoms with Crippen molar-refractivity contribution in [2.75, 3.05) is 19.6 Å². The highest BCUT2D eigenvalue weighted by Gasteiger charge is 2.35. The average molecular weight is 547 g/mol. The van der Waals surface area contributed by atoms with E-state index in [-0.39, 0.29) is 0 Å². The fourth-order valence-corrected chi connectivity index (χ4v) is 6.22. The first kappa shape index (κ1) is 23.2. The fourth-order valence-electron chi connectivity index (χ4n) is 5.63. The third-order valence-corrected chi connectivity index (χ3v) is 7.87. The number of aliphatic hydroxyl groups excluding tert-OH is 1. The lowest BCUT2D eigenvalue weighted by molar-refractivity contribution is -0.122. The number of nitrogens with zero attached hydrogens (tertiary/aromatic N) is 2. The standard InChI is InChI=1S/C28H27BrN4O3/c29-22-9-6-8-19-21(16-33(26(19)22)15-17(34)14-32-11-4-1-5-12-32)25-24(27(35)31-28(25)36)20-13-30-23-10-3-2-7-18(20)23/h2-3,6-10,13,16-17,30,34H,1,4-5,11-12,14-15H2,(H,31,35,36). The third kappa shape index (κ3) is 3.99. The van der Waals surface area contributed by atoms with Gasteiger partial charge in [0, 0.05) is 57.4 Å². The number of carbonyl (C=O) groups is 2. The highest BCUT2D eigenvalue weighted by Crippen LogP contribution is 2.39. The number of β-amino-alcohol motifs (C(OH)–C–C–N with tert-alkyl or cyclic N) is 1. The second kappa shape index (κ2) is 9.35. The molecule has 2 amide bonds. The van der Waals surface area contributed by atoms with Gasteiger partial charge in [0.25, 0.3) is 11.8 Å². The van der Waals surface area contributed by atoms with E-state index in [2.05, 4.69) is 31.1 Å². The molecule has 0 aliphatic carbocycles. The molecule has 0 saturated carbocycles. The van der Waals surface area contributed by atoms with Gasteiger partial charge in [-0.3, -0.25) is 14.9 Å². The number of carbonyl (C=O) groups excluding carboxylic acids is 2. The first-order valence-corrected chi connectivity index (χ1v) is 13.1. The Labute approximate surface area is 216 Å². The normalized spacial score (nSPS) is 17.9. The van der Waals surface area contributed by atoms with Crippen LogP contribution in [0.3, 0.4) is 0 Å². The van der Waals surface area contributed by atoms with Gasteiger partial charge in [-0.05, 0) is 54.0 Å². The molecule has 3 N–H and O–H groups in total. The van der Waals surface area contributed by atoms with Crippen LogP contribution in [0.2, 0.25) is 0 Å². The minimum atomic E-state index is -0.556. The highest BCUT2D eigenvalue weighted by molar-refractivity contribution is 9.10. The predicted octanol–water partition coefficient (Wildman–Crippen LogP) is 4.30. The first-order valence-electron chi connectivity index (χ1n) is 12.4. The number of halogens is 1. The smallest absolute Gasteiger partial charge is 0.259 e. The number of piperidine rings is 1. The number of imide groups is 1. The average Bonchev–Trinajstić information content (AvgIpc) is 3.53. The van der Waals surface area contributed by atoms with Gasteiger partial charge in [0.05, 0.1) is 22.8 Å². The molecule has 0 bridgehead atoms. The number of aromatic nitrogens is 2. The zero-order chi connectivity index (χ0) is 24.8. The molecular formula is C28H27BrN4O3. The van der Waals surface area contributed by atoms with Crippen molar-refractivity contribution < 1.29 is 14.7 Å². The van der Waals surface area contributed by atoms with Gasteiger partial charge in [0.1, 0.15) is 0 Å². The number of rotatable bonds is 6. The molecular weight excluding hydrogens is 520 g/mol. The number of H-pyrrole nitrogens is 1. The van der Waals surface area contributed by atoms with E-state index in [1.54, 1.807) is 6.20 Å². The van der Waals surface area contributed by atoms with Crippen molar-refractivity contribution in [3.05, 3.63) is 70.5 Å². The fraction of sp³-hybridized carbons (Fsp3) is 0.286. The molecule has 1 unspecified atom stereocenters. The van der Waals surface area contributed by atoms with E-state index in [4.69, 9.17) is 0 Å². The number of hydrogen-bond acceptors (Lipinski definition) is 4. The van der Waals surface area contributed by atoms with Crippen LogP contribution < -0.4 is 5.32 Å². The molecule has 1 atom stereocenters. The highest BCUT2D eigenvalue weighted by atomic mass is 79.9. The Morgan fingerprint density at radius 3 is 2.42 bits per heavy atom. The Bertz CT molecular complexity index is 1530. The van der Waals surface area contributed by atoms with E-state index in [0.717, 1.165) is 39.4 Å². The van der Waals surface area contributed by atoms with Crippen molar-refractivity contribution in [1.29, 1.82) is 0 Å². The molecule has 7 nitrogen and oxygen atoms in total. The minimum Gasteiger partial charge on any atom is -0.390 e. The third-order valence-electron chi connectivity index (χ3n) is 7.23. The molecule has 4 aromatic rings. The number of benzene rings is 2. The number of nitrogens with one attached hydrogen (secondary N) is 2. The van der Waals surface area contributed by atoms with Gasteiger partial charge in [-0.25, -0.2) is 0 Å². The molecule has 36 heavy (non-hydrogen) atoms. The molecule has 184 valence electrons. The first-order chi connectivity index (χ1) is 17.5. The Hall–Kier alpha value is -3.20. The number of amides is 2. The van der Waals surface area contributed by atoms with Gasteiger partial charge in [0.15, 0.2) is 0 Å². The maximum Gasteiger partial charge on any atom is 0.259 e. The number of para-hydroxylation sites is 2. The van der Waals surface area contributed by atoms with E-state index >= 15 is 0 Å². The molecule has 2 aromatic heterocycles. The van der Waals surface area contributed by atoms with Gasteiger partial charge >= 0.3 is 0 Å². The summed E-state index contributed by atoms with van der Waals surface area (Å²) < 4.78 is 2.87. The molecule has 1 saturated heterocycles. The van der Waals surface area contributed by atoms with E-state index < -0.39 is 17.9 Å². The minimum absolute atomic E-state index is 0.358. The summed E-state index contributed by atoms with van der Waals surface area (Å²) in [7, 11) is 0. The van der Waals surface area contributed by atoms with Crippen LogP contribution in [-0.4, -0.2) is 57.1 Å². The van der Waals surface area contributed by atoms with Crippen LogP contribution in [0.5, 0.6) is 0 Å². The van der Waals surface area contributed by atoms with Crippen molar-refractivity contribution in [1.82, 2.24) is 19.8 Å². The Morgan fingerprint density at radius 1 is 0.889 bits per heavy atom. The van der Waals surface area contributed by atoms with Crippen LogP contribution in [0.25, 0.3) is 33.0 Å². The lowest BCUT2D eigenvalue weighted by Crippen LogP contribution is -2.37. The molecule has 8 heteroatoms. The number of aromatic amines is 1. The van der Waals surface area contributed by atoms with Crippen molar-refractivity contribution in [3.63, 3.8) is 0 Å². The van der Waals surface area contributed by atoms with E-state index in [1.807, 2.05) is 53.2 Å². The number of fused-ring (bicyclic) bond motifs is 2. The molecule has 0 radical (unpaired) electrons. The van der Waals surface area contributed by atoms with Gasteiger partial charge in [-0.2, -0.15) is 0 Å². The molecule has 1 fully saturated rings. The zero-order valence-electron chi connectivity index (χ0n) is 19.8. The molecule has 2 aliphatic rings. The van der Waals surface area contributed by atoms with Gasteiger partial charge < -0.3 is 19.6 Å². The Kier molecular flexibility index (Phi) is 6.03. The quantitative estimate of drug-likeness (QED) is 0.314. The predicted molar refractivity (Wildman–Crippen MR) is 144 cm³/mol. The van der Waals surface area contributed by atoms with Crippen molar-refractivity contribution in [2.45, 2.75) is 31.9 Å². The summed E-state index contributed by atoms with van der Waals surface area (Å²) >= 11 is 3.67. The van der Waals surface area contributed by atoms with Crippen LogP contribution in [0.1, 0.15) is 30.4 Å². The summed E-state index contributed by atoms with van der Waals surface area (Å²) in [6.45, 7) is 3.03. The second-order valence-electron chi connectivity index (χ2n) is 9.63. The van der Waals surface area contributed by atoms with Crippen LogP contribution in [0, 0.1) is 0 Å². The van der Waals surface area contributed by atoms with E-state index in [1.165, 1.54) is 19.3 Å². The van der Waals surface area contributed by atoms with Crippen LogP contribution in [-0.2, 0) is 16.1 Å². The van der Waals surface area contributed by atoms with Gasteiger partial charge in [-0.1, -0.05) is 36.8 Å². The van der Waals surface area contributed by atoms with Crippen LogP contribution >= 0.6 is 15.9 Å². The number of likely N-dealkylation sites (tertiary alicyclic amines) is 1. The topological polar surface area (TPSA) is 90.4 Å².